The Morgan fingerprint density at radius 1 is 0.577 bits per heavy atom. The second-order valence-corrected chi connectivity index (χ2v) is 14.2. The van der Waals surface area contributed by atoms with Crippen LogP contribution in [0.1, 0.15) is 83.0 Å². The molecule has 13 nitrogen and oxygen atoms in total. The zero-order valence-corrected chi connectivity index (χ0v) is 43.2. The smallest absolute Gasteiger partial charge is 0.857 e. The summed E-state index contributed by atoms with van der Waals surface area (Å²) in [7, 11) is 3.05. The predicted octanol–water partition coefficient (Wildman–Crippen LogP) is 6.08. The Labute approximate surface area is 438 Å². The number of hydrogen-bond donors (Lipinski definition) is 2. The van der Waals surface area contributed by atoms with Crippen LogP contribution in [0.2, 0.25) is 0 Å². The molecule has 362 valence electrons. The summed E-state index contributed by atoms with van der Waals surface area (Å²) in [4.78, 5) is 66.7. The van der Waals surface area contributed by atoms with Gasteiger partial charge in [0.15, 0.2) is 11.5 Å². The van der Waals surface area contributed by atoms with Crippen molar-refractivity contribution in [1.29, 1.82) is 0 Å². The number of carbonyl (C=O) groups excluding carboxylic acids is 5. The molecule has 0 bridgehead atoms. The second kappa shape index (κ2) is 34.0. The molecule has 0 aliphatic carbocycles. The average Bonchev–Trinajstić information content (AvgIpc) is 4.06. The molecule has 8 rings (SSSR count). The van der Waals surface area contributed by atoms with Crippen LogP contribution in [0.4, 0.5) is 0 Å². The van der Waals surface area contributed by atoms with Gasteiger partial charge in [-0.1, -0.05) is 166 Å². The first-order valence-electron chi connectivity index (χ1n) is 22.3. The normalized spacial score (nSPS) is 12.7. The summed E-state index contributed by atoms with van der Waals surface area (Å²) in [6.07, 6.45) is 1.90. The molecule has 0 unspecified atom stereocenters. The van der Waals surface area contributed by atoms with Gasteiger partial charge in [-0.25, -0.2) is 24.4 Å². The van der Waals surface area contributed by atoms with Crippen LogP contribution >= 0.6 is 0 Å². The molecule has 2 N–H and O–H groups in total. The van der Waals surface area contributed by atoms with Crippen molar-refractivity contribution in [3.63, 3.8) is 0 Å². The van der Waals surface area contributed by atoms with Gasteiger partial charge < -0.3 is 29.7 Å². The molecule has 0 atom stereocenters. The molecule has 2 aliphatic heterocycles. The van der Waals surface area contributed by atoms with E-state index >= 15 is 0 Å². The second-order valence-electron chi connectivity index (χ2n) is 14.2. The number of rotatable bonds is 11. The number of nitrogens with one attached hydrogen (secondary N) is 1. The van der Waals surface area contributed by atoms with Crippen LogP contribution in [0.5, 0.6) is 0 Å². The summed E-state index contributed by atoms with van der Waals surface area (Å²) in [6.45, 7) is 5.96. The summed E-state index contributed by atoms with van der Waals surface area (Å²) in [6, 6.07) is 56.2. The van der Waals surface area contributed by atoms with E-state index in [4.69, 9.17) is 24.4 Å². The molecular formula is C57H58N3NaO10. The van der Waals surface area contributed by atoms with Gasteiger partial charge in [0.1, 0.15) is 12.2 Å². The van der Waals surface area contributed by atoms with Crippen molar-refractivity contribution in [1.82, 2.24) is 5.32 Å². The Balaban J connectivity index is 0.000000330. The summed E-state index contributed by atoms with van der Waals surface area (Å²) in [5.74, 6) is -0.551. The minimum Gasteiger partial charge on any atom is -0.857 e. The zero-order chi connectivity index (χ0) is 51.1. The van der Waals surface area contributed by atoms with Gasteiger partial charge >= 0.3 is 47.5 Å². The number of cyclic esters (lactones) is 2. The van der Waals surface area contributed by atoms with Crippen LogP contribution in [0.25, 0.3) is 11.1 Å². The number of Topliss-reactive ketones (excluding diaryl/α,β-unsaturated/α-hetero) is 1. The molecule has 6 aromatic carbocycles. The monoisotopic (exact) mass is 967 g/mol. The molecule has 2 heterocycles. The van der Waals surface area contributed by atoms with E-state index in [1.807, 2.05) is 178 Å². The number of amides is 1. The molecule has 0 saturated carbocycles. The third-order valence-corrected chi connectivity index (χ3v) is 9.82. The number of esters is 3. The first-order chi connectivity index (χ1) is 34.2. The first-order valence-corrected chi connectivity index (χ1v) is 22.3. The van der Waals surface area contributed by atoms with E-state index in [1.165, 1.54) is 7.11 Å². The van der Waals surface area contributed by atoms with Gasteiger partial charge in [-0.15, -0.1) is 0 Å². The van der Waals surface area contributed by atoms with Crippen LogP contribution < -0.4 is 40.0 Å². The standard InChI is InChI=1S/C19H19NO3.C18H15NO2.C9H7NO2.C9H10O.CH4O.CH3O.Na/c1-3-16(14-10-6-4-7-11-14)17(19(22)23-2)20-18(21)15-12-8-5-9-13-15;1-2-15(13-9-5-3-6-10-13)16-18(20)21-17(19-16)14-11-7-4-8-12-14;11-8-6-10-9(12-8)7-4-2-1-3-5-7;1-2-9(10)8-6-4-3-5-7-8;2*1-2;/h4-13H,3H2,1-2H3,(H,20,21);3-12H,2H2,1H3;1-5H,6H2;3-7H,2H2,1H3;2H,1H3;1H3;/q;;;;;-1;+1/b17-16-;16-15-;;;;;. The summed E-state index contributed by atoms with van der Waals surface area (Å²) in [5, 5.41) is 17.9. The number of carbonyl (C=O) groups is 5. The Morgan fingerprint density at radius 3 is 1.41 bits per heavy atom. The molecular weight excluding hydrogens is 910 g/mol. The maximum absolute atomic E-state index is 12.4. The fourth-order valence-electron chi connectivity index (χ4n) is 6.51. The van der Waals surface area contributed by atoms with E-state index in [-0.39, 0.29) is 65.4 Å². The van der Waals surface area contributed by atoms with E-state index in [9.17, 15) is 24.0 Å². The fourth-order valence-corrected chi connectivity index (χ4v) is 6.51. The Hall–Kier alpha value is -7.39. The molecule has 2 aliphatic rings. The number of ether oxygens (including phenoxy) is 3. The zero-order valence-electron chi connectivity index (χ0n) is 41.2. The van der Waals surface area contributed by atoms with Crippen LogP contribution in [-0.2, 0) is 28.6 Å². The van der Waals surface area contributed by atoms with Crippen molar-refractivity contribution in [3.8, 4) is 0 Å². The van der Waals surface area contributed by atoms with Crippen molar-refractivity contribution in [2.75, 3.05) is 27.9 Å². The number of benzene rings is 6. The van der Waals surface area contributed by atoms with Crippen molar-refractivity contribution in [3.05, 3.63) is 227 Å². The fraction of sp³-hybridized carbons (Fsp3) is 0.175. The molecule has 0 aromatic heterocycles. The minimum atomic E-state index is -0.560. The number of nitrogens with zero attached hydrogens (tertiary/aromatic N) is 2. The molecule has 0 saturated heterocycles. The van der Waals surface area contributed by atoms with Gasteiger partial charge in [0, 0.05) is 35.8 Å². The Bertz CT molecular complexity index is 2700. The van der Waals surface area contributed by atoms with Crippen LogP contribution in [-0.4, -0.2) is 74.4 Å². The molecule has 0 spiro atoms. The number of allylic oxidation sites excluding steroid dienone is 2. The van der Waals surface area contributed by atoms with Crippen LogP contribution in [0.3, 0.4) is 0 Å². The molecule has 14 heteroatoms. The van der Waals surface area contributed by atoms with Gasteiger partial charge in [0.25, 0.3) is 5.91 Å². The SMILES string of the molecule is CC/C(=C(/NC(=O)c1ccccc1)C(=O)OC)c1ccccc1.CC/C(=C1/N=C(c2ccccc2)OC1=O)c1ccccc1.CCC(=O)c1ccccc1.CO.C[O-].O=C1CN=C(c2ccccc2)O1.[Na+]. The Kier molecular flexibility index (Phi) is 28.6. The number of aliphatic imine (C=N–C) groups is 2. The first kappa shape index (κ1) is 59.7. The van der Waals surface area contributed by atoms with Gasteiger partial charge in [-0.3, -0.25) is 9.59 Å². The van der Waals surface area contributed by atoms with E-state index in [0.717, 1.165) is 59.6 Å². The van der Waals surface area contributed by atoms with E-state index in [1.54, 1.807) is 24.3 Å². The number of ketones is 1. The van der Waals surface area contributed by atoms with Gasteiger partial charge in [-0.05, 0) is 71.5 Å². The average molecular weight is 968 g/mol. The minimum absolute atomic E-state index is 0. The maximum Gasteiger partial charge on any atom is 1.00 e. The predicted molar refractivity (Wildman–Crippen MR) is 271 cm³/mol. The summed E-state index contributed by atoms with van der Waals surface area (Å²) < 4.78 is 15.0. The molecule has 6 aromatic rings. The summed E-state index contributed by atoms with van der Waals surface area (Å²) >= 11 is 0. The Morgan fingerprint density at radius 2 is 1.00 bits per heavy atom. The van der Waals surface area contributed by atoms with E-state index in [2.05, 4.69) is 15.3 Å². The van der Waals surface area contributed by atoms with E-state index < -0.39 is 5.97 Å². The van der Waals surface area contributed by atoms with Gasteiger partial charge in [-0.2, -0.15) is 7.11 Å². The molecule has 1 amide bonds. The number of methoxy groups -OCH3 is 1. The van der Waals surface area contributed by atoms with Crippen LogP contribution in [0, 0.1) is 0 Å². The van der Waals surface area contributed by atoms with Crippen molar-refractivity contribution in [2.45, 2.75) is 40.0 Å². The molecule has 0 radical (unpaired) electrons. The van der Waals surface area contributed by atoms with Gasteiger partial charge in [0.05, 0.1) is 7.11 Å². The third kappa shape index (κ3) is 19.1. The van der Waals surface area contributed by atoms with Crippen molar-refractivity contribution in [2.24, 2.45) is 9.98 Å². The number of aliphatic hydroxyl groups excluding tert-OH is 1. The van der Waals surface area contributed by atoms with Gasteiger partial charge in [0.2, 0.25) is 11.8 Å². The van der Waals surface area contributed by atoms with Crippen LogP contribution in [0.15, 0.2) is 203 Å². The van der Waals surface area contributed by atoms with E-state index in [0.29, 0.717) is 35.9 Å². The molecule has 0 fully saturated rings. The topological polar surface area (TPSA) is 193 Å². The number of hydrogen-bond acceptors (Lipinski definition) is 12. The van der Waals surface area contributed by atoms with Crippen molar-refractivity contribution >= 4 is 52.5 Å². The quantitative estimate of drug-likeness (QED) is 0.0506. The van der Waals surface area contributed by atoms with Crippen molar-refractivity contribution < 1.29 is 78.0 Å². The maximum atomic E-state index is 12.4. The molecule has 71 heavy (non-hydrogen) atoms. The third-order valence-electron chi connectivity index (χ3n) is 9.82. The number of aliphatic hydroxyl groups is 1. The largest absolute Gasteiger partial charge is 1.00 e. The summed E-state index contributed by atoms with van der Waals surface area (Å²) in [5.41, 5.74) is 7.06.